The average molecular weight is 339 g/mol. The second-order valence-electron chi connectivity index (χ2n) is 5.76. The maximum absolute atomic E-state index is 5.54. The molecule has 0 fully saturated rings. The summed E-state index contributed by atoms with van der Waals surface area (Å²) in [5.74, 6) is 0. The Morgan fingerprint density at radius 2 is 1.12 bits per heavy atom. The summed E-state index contributed by atoms with van der Waals surface area (Å²) in [6.45, 7) is 0.447. The summed E-state index contributed by atoms with van der Waals surface area (Å²) in [6, 6.07) is 30.3. The van der Waals surface area contributed by atoms with Gasteiger partial charge in [0.05, 0.1) is 0 Å². The fourth-order valence-electron chi connectivity index (χ4n) is 2.36. The summed E-state index contributed by atoms with van der Waals surface area (Å²) in [5, 5.41) is 4.29. The molecule has 0 heterocycles. The molecule has 0 aliphatic rings. The molecule has 0 amide bonds. The molecule has 2 heteroatoms. The molecule has 0 unspecified atom stereocenters. The van der Waals surface area contributed by atoms with Crippen LogP contribution in [0.1, 0.15) is 16.7 Å². The lowest BCUT2D eigenvalue weighted by Crippen LogP contribution is -1.93. The van der Waals surface area contributed by atoms with Crippen molar-refractivity contribution in [1.29, 1.82) is 0 Å². The molecular formula is C24H21NO. The minimum Gasteiger partial charge on any atom is -0.390 e. The molecule has 2 nitrogen and oxygen atoms in total. The summed E-state index contributed by atoms with van der Waals surface area (Å²) in [4.78, 5) is 5.54. The lowest BCUT2D eigenvalue weighted by atomic mass is 10.1. The van der Waals surface area contributed by atoms with Gasteiger partial charge in [0.25, 0.3) is 0 Å². The Kier molecular flexibility index (Phi) is 6.57. The van der Waals surface area contributed by atoms with Crippen LogP contribution in [0, 0.1) is 0 Å². The number of nitrogens with zero attached hydrogens (tertiary/aromatic N) is 1. The first-order valence-corrected chi connectivity index (χ1v) is 8.60. The van der Waals surface area contributed by atoms with E-state index < -0.39 is 0 Å². The van der Waals surface area contributed by atoms with Gasteiger partial charge in [0, 0.05) is 0 Å². The third-order valence-corrected chi connectivity index (χ3v) is 3.74. The fourth-order valence-corrected chi connectivity index (χ4v) is 2.36. The number of hydrogen-bond acceptors (Lipinski definition) is 2. The van der Waals surface area contributed by atoms with Crippen molar-refractivity contribution in [3.63, 3.8) is 0 Å². The summed E-state index contributed by atoms with van der Waals surface area (Å²) in [7, 11) is 0. The number of benzene rings is 3. The van der Waals surface area contributed by atoms with E-state index in [0.717, 1.165) is 22.4 Å². The molecule has 26 heavy (non-hydrogen) atoms. The van der Waals surface area contributed by atoms with E-state index in [1.165, 1.54) is 0 Å². The summed E-state index contributed by atoms with van der Waals surface area (Å²) in [5.41, 5.74) is 4.09. The van der Waals surface area contributed by atoms with Gasteiger partial charge in [-0.25, -0.2) is 0 Å². The van der Waals surface area contributed by atoms with E-state index in [1.807, 2.05) is 91.0 Å². The Hall–Kier alpha value is -3.39. The molecule has 0 N–H and O–H groups in total. The van der Waals surface area contributed by atoms with Gasteiger partial charge in [-0.15, -0.1) is 0 Å². The van der Waals surface area contributed by atoms with Gasteiger partial charge in [-0.3, -0.25) is 0 Å². The Morgan fingerprint density at radius 3 is 1.62 bits per heavy atom. The molecule has 0 spiro atoms. The summed E-state index contributed by atoms with van der Waals surface area (Å²) < 4.78 is 0. The van der Waals surface area contributed by atoms with Crippen LogP contribution in [0.4, 0.5) is 0 Å². The van der Waals surface area contributed by atoms with Crippen LogP contribution in [0.5, 0.6) is 0 Å². The van der Waals surface area contributed by atoms with Crippen molar-refractivity contribution in [3.05, 3.63) is 120 Å². The number of hydrogen-bond donors (Lipinski definition) is 0. The summed E-state index contributed by atoms with van der Waals surface area (Å²) in [6.07, 6.45) is 7.97. The summed E-state index contributed by atoms with van der Waals surface area (Å²) >= 11 is 0. The van der Waals surface area contributed by atoms with Crippen LogP contribution in [0.25, 0.3) is 12.2 Å². The Labute approximate surface area is 154 Å². The smallest absolute Gasteiger partial charge is 0.142 e. The normalized spacial score (nSPS) is 10.9. The van der Waals surface area contributed by atoms with Crippen LogP contribution in [0.3, 0.4) is 0 Å². The highest BCUT2D eigenvalue weighted by Gasteiger charge is 1.94. The number of oxime groups is 1. The van der Waals surface area contributed by atoms with Crippen LogP contribution >= 0.6 is 0 Å². The molecule has 0 radical (unpaired) electrons. The third-order valence-electron chi connectivity index (χ3n) is 3.74. The van der Waals surface area contributed by atoms with Crippen LogP contribution < -0.4 is 0 Å². The van der Waals surface area contributed by atoms with E-state index >= 15 is 0 Å². The molecule has 3 aromatic carbocycles. The topological polar surface area (TPSA) is 21.6 Å². The highest BCUT2D eigenvalue weighted by molar-refractivity contribution is 6.08. The van der Waals surface area contributed by atoms with Crippen LogP contribution in [-0.4, -0.2) is 5.71 Å². The van der Waals surface area contributed by atoms with E-state index in [1.54, 1.807) is 0 Å². The zero-order valence-corrected chi connectivity index (χ0v) is 14.5. The van der Waals surface area contributed by atoms with Crippen molar-refractivity contribution in [1.82, 2.24) is 0 Å². The van der Waals surface area contributed by atoms with E-state index in [2.05, 4.69) is 29.4 Å². The minimum absolute atomic E-state index is 0.447. The van der Waals surface area contributed by atoms with E-state index in [-0.39, 0.29) is 0 Å². The molecule has 0 aliphatic carbocycles. The van der Waals surface area contributed by atoms with Gasteiger partial charge in [-0.1, -0.05) is 108 Å². The minimum atomic E-state index is 0.447. The van der Waals surface area contributed by atoms with Gasteiger partial charge < -0.3 is 4.84 Å². The molecule has 3 rings (SSSR count). The Bertz CT molecular complexity index is 814. The first kappa shape index (κ1) is 17.4. The van der Waals surface area contributed by atoms with Crippen molar-refractivity contribution >= 4 is 17.9 Å². The van der Waals surface area contributed by atoms with Crippen LogP contribution in [0.15, 0.2) is 108 Å². The highest BCUT2D eigenvalue weighted by Crippen LogP contribution is 2.06. The van der Waals surface area contributed by atoms with Crippen molar-refractivity contribution in [2.24, 2.45) is 5.16 Å². The predicted molar refractivity (Wildman–Crippen MR) is 110 cm³/mol. The number of rotatable bonds is 7. The van der Waals surface area contributed by atoms with Gasteiger partial charge in [-0.05, 0) is 28.8 Å². The molecule has 0 aromatic heterocycles. The standard InChI is InChI=1S/C24H21NO/c1-4-10-21(11-5-1)16-18-24(19-17-22-12-6-2-7-13-22)25-26-20-23-14-8-3-9-15-23/h1-19H,20H2/b18-16+,19-17+. The third kappa shape index (κ3) is 5.91. The second-order valence-corrected chi connectivity index (χ2v) is 5.76. The van der Waals surface area contributed by atoms with E-state index in [4.69, 9.17) is 4.84 Å². The van der Waals surface area contributed by atoms with Crippen molar-refractivity contribution in [2.45, 2.75) is 6.61 Å². The molecule has 0 saturated carbocycles. The van der Waals surface area contributed by atoms with E-state index in [9.17, 15) is 0 Å². The molecule has 0 saturated heterocycles. The average Bonchev–Trinajstić information content (AvgIpc) is 2.72. The second kappa shape index (κ2) is 9.80. The van der Waals surface area contributed by atoms with Gasteiger partial charge in [-0.2, -0.15) is 0 Å². The predicted octanol–water partition coefficient (Wildman–Crippen LogP) is 5.99. The van der Waals surface area contributed by atoms with E-state index in [0.29, 0.717) is 6.61 Å². The number of allylic oxidation sites excluding steroid dienone is 2. The largest absolute Gasteiger partial charge is 0.390 e. The zero-order valence-electron chi connectivity index (χ0n) is 14.5. The molecule has 3 aromatic rings. The Balaban J connectivity index is 1.73. The lowest BCUT2D eigenvalue weighted by Gasteiger charge is -2.01. The quantitative estimate of drug-likeness (QED) is 0.383. The molecule has 0 aliphatic heterocycles. The maximum atomic E-state index is 5.54. The fraction of sp³-hybridized carbons (Fsp3) is 0.0417. The zero-order chi connectivity index (χ0) is 17.9. The van der Waals surface area contributed by atoms with Gasteiger partial charge in [0.15, 0.2) is 0 Å². The van der Waals surface area contributed by atoms with Crippen molar-refractivity contribution < 1.29 is 4.84 Å². The lowest BCUT2D eigenvalue weighted by molar-refractivity contribution is 0.131. The van der Waals surface area contributed by atoms with Crippen molar-refractivity contribution in [2.75, 3.05) is 0 Å². The molecule has 0 atom stereocenters. The first-order chi connectivity index (χ1) is 12.9. The van der Waals surface area contributed by atoms with Gasteiger partial charge in [0.1, 0.15) is 12.3 Å². The van der Waals surface area contributed by atoms with Gasteiger partial charge in [0.2, 0.25) is 0 Å². The maximum Gasteiger partial charge on any atom is 0.142 e. The highest BCUT2D eigenvalue weighted by atomic mass is 16.6. The Morgan fingerprint density at radius 1 is 0.654 bits per heavy atom. The van der Waals surface area contributed by atoms with Crippen LogP contribution in [-0.2, 0) is 11.4 Å². The molecule has 128 valence electrons. The first-order valence-electron chi connectivity index (χ1n) is 8.60. The SMILES string of the molecule is C(=C\c1ccccc1)/C(/C=C/c1ccccc1)=NOCc1ccccc1. The molecule has 0 bridgehead atoms. The van der Waals surface area contributed by atoms with Gasteiger partial charge >= 0.3 is 0 Å². The van der Waals surface area contributed by atoms with Crippen molar-refractivity contribution in [3.8, 4) is 0 Å². The molecular weight excluding hydrogens is 318 g/mol. The van der Waals surface area contributed by atoms with Crippen LogP contribution in [0.2, 0.25) is 0 Å². The monoisotopic (exact) mass is 339 g/mol.